The van der Waals surface area contributed by atoms with Gasteiger partial charge in [-0.15, -0.1) is 0 Å². The summed E-state index contributed by atoms with van der Waals surface area (Å²) in [6.07, 6.45) is 1.04. The van der Waals surface area contributed by atoms with Gasteiger partial charge in [-0.2, -0.15) is 0 Å². The predicted molar refractivity (Wildman–Crippen MR) is 89.7 cm³/mol. The van der Waals surface area contributed by atoms with Gasteiger partial charge in [0, 0.05) is 18.0 Å². The van der Waals surface area contributed by atoms with Crippen LogP contribution in [0.3, 0.4) is 0 Å². The molecule has 0 aliphatic carbocycles. The molecule has 134 valence electrons. The fourth-order valence-electron chi connectivity index (χ4n) is 3.02. The topological polar surface area (TPSA) is 71.1 Å². The SMILES string of the molecule is O=C(c1ccncc1)N1CC(F)C(OCc2nc3ccc(F)cc3[nH]2)C1. The lowest BCUT2D eigenvalue weighted by molar-refractivity contribution is 0.00887. The zero-order chi connectivity index (χ0) is 18.1. The summed E-state index contributed by atoms with van der Waals surface area (Å²) in [5, 5.41) is 0. The molecule has 1 amide bonds. The monoisotopic (exact) mass is 358 g/mol. The van der Waals surface area contributed by atoms with Crippen LogP contribution >= 0.6 is 0 Å². The molecule has 2 atom stereocenters. The summed E-state index contributed by atoms with van der Waals surface area (Å²) in [4.78, 5) is 24.9. The van der Waals surface area contributed by atoms with Crippen LogP contribution in [-0.2, 0) is 11.3 Å². The third-order valence-corrected chi connectivity index (χ3v) is 4.34. The molecule has 0 radical (unpaired) electrons. The Kier molecular flexibility index (Phi) is 4.34. The maximum Gasteiger partial charge on any atom is 0.254 e. The van der Waals surface area contributed by atoms with E-state index in [1.54, 1.807) is 18.2 Å². The van der Waals surface area contributed by atoms with Crippen molar-refractivity contribution >= 4 is 16.9 Å². The smallest absolute Gasteiger partial charge is 0.254 e. The first-order valence-electron chi connectivity index (χ1n) is 8.19. The Labute approximate surface area is 147 Å². The molecule has 0 spiro atoms. The van der Waals surface area contributed by atoms with E-state index in [9.17, 15) is 13.6 Å². The van der Waals surface area contributed by atoms with E-state index in [1.807, 2.05) is 0 Å². The van der Waals surface area contributed by atoms with E-state index < -0.39 is 12.3 Å². The zero-order valence-corrected chi connectivity index (χ0v) is 13.7. The van der Waals surface area contributed by atoms with Crippen molar-refractivity contribution in [2.45, 2.75) is 18.9 Å². The first-order valence-corrected chi connectivity index (χ1v) is 8.19. The van der Waals surface area contributed by atoms with Gasteiger partial charge in [0.05, 0.1) is 24.1 Å². The number of alkyl halides is 1. The van der Waals surface area contributed by atoms with Gasteiger partial charge in [0.1, 0.15) is 30.5 Å². The molecule has 3 heterocycles. The minimum Gasteiger partial charge on any atom is -0.365 e. The number of carbonyl (C=O) groups is 1. The van der Waals surface area contributed by atoms with Crippen molar-refractivity contribution in [1.82, 2.24) is 19.9 Å². The van der Waals surface area contributed by atoms with Crippen LogP contribution in [0.25, 0.3) is 11.0 Å². The van der Waals surface area contributed by atoms with Gasteiger partial charge in [-0.1, -0.05) is 0 Å². The molecule has 3 aromatic rings. The number of nitrogens with zero attached hydrogens (tertiary/aromatic N) is 3. The molecule has 4 rings (SSSR count). The lowest BCUT2D eigenvalue weighted by Crippen LogP contribution is -2.30. The van der Waals surface area contributed by atoms with Crippen LogP contribution in [0.15, 0.2) is 42.7 Å². The number of aromatic amines is 1. The van der Waals surface area contributed by atoms with Gasteiger partial charge in [-0.25, -0.2) is 13.8 Å². The van der Waals surface area contributed by atoms with Crippen molar-refractivity contribution in [3.05, 3.63) is 59.9 Å². The average Bonchev–Trinajstić information content (AvgIpc) is 3.22. The minimum absolute atomic E-state index is 0.0167. The highest BCUT2D eigenvalue weighted by atomic mass is 19.1. The number of likely N-dealkylation sites (tertiary alicyclic amines) is 1. The summed E-state index contributed by atoms with van der Waals surface area (Å²) in [5.74, 6) is -0.129. The Bertz CT molecular complexity index is 931. The molecule has 0 saturated carbocycles. The van der Waals surface area contributed by atoms with Crippen molar-refractivity contribution in [1.29, 1.82) is 0 Å². The van der Waals surface area contributed by atoms with Crippen LogP contribution in [0.2, 0.25) is 0 Å². The molecule has 6 nitrogen and oxygen atoms in total. The summed E-state index contributed by atoms with van der Waals surface area (Å²) in [5.41, 5.74) is 1.64. The van der Waals surface area contributed by atoms with Gasteiger partial charge in [-0.3, -0.25) is 9.78 Å². The van der Waals surface area contributed by atoms with E-state index in [1.165, 1.54) is 29.4 Å². The number of rotatable bonds is 4. The molecular formula is C18H16F2N4O2. The van der Waals surface area contributed by atoms with E-state index in [2.05, 4.69) is 15.0 Å². The van der Waals surface area contributed by atoms with Crippen molar-refractivity contribution in [3.8, 4) is 0 Å². The molecule has 8 heteroatoms. The highest BCUT2D eigenvalue weighted by molar-refractivity contribution is 5.94. The lowest BCUT2D eigenvalue weighted by atomic mass is 10.2. The normalized spacial score (nSPS) is 20.0. The number of hydrogen-bond donors (Lipinski definition) is 1. The fourth-order valence-corrected chi connectivity index (χ4v) is 3.02. The van der Waals surface area contributed by atoms with Crippen molar-refractivity contribution in [3.63, 3.8) is 0 Å². The molecule has 2 aromatic heterocycles. The lowest BCUT2D eigenvalue weighted by Gasteiger charge is -2.15. The number of benzene rings is 1. The van der Waals surface area contributed by atoms with E-state index in [0.717, 1.165) is 0 Å². The first kappa shape index (κ1) is 16.6. The molecular weight excluding hydrogens is 342 g/mol. The van der Waals surface area contributed by atoms with Crippen molar-refractivity contribution in [2.75, 3.05) is 13.1 Å². The van der Waals surface area contributed by atoms with E-state index >= 15 is 0 Å². The van der Waals surface area contributed by atoms with E-state index in [4.69, 9.17) is 4.74 Å². The Balaban J connectivity index is 1.39. The van der Waals surface area contributed by atoms with Crippen molar-refractivity contribution < 1.29 is 18.3 Å². The number of carbonyl (C=O) groups excluding carboxylic acids is 1. The quantitative estimate of drug-likeness (QED) is 0.778. The highest BCUT2D eigenvalue weighted by Crippen LogP contribution is 2.21. The molecule has 1 aliphatic heterocycles. The van der Waals surface area contributed by atoms with Gasteiger partial charge in [-0.05, 0) is 30.3 Å². The molecule has 0 bridgehead atoms. The molecule has 1 fully saturated rings. The number of nitrogens with one attached hydrogen (secondary N) is 1. The number of pyridine rings is 1. The summed E-state index contributed by atoms with van der Waals surface area (Å²) in [6, 6.07) is 7.42. The number of aromatic nitrogens is 3. The minimum atomic E-state index is -1.28. The molecule has 1 aromatic carbocycles. The van der Waals surface area contributed by atoms with Crippen LogP contribution < -0.4 is 0 Å². The van der Waals surface area contributed by atoms with E-state index in [0.29, 0.717) is 22.4 Å². The van der Waals surface area contributed by atoms with Gasteiger partial charge in [0.2, 0.25) is 0 Å². The summed E-state index contributed by atoms with van der Waals surface area (Å²) >= 11 is 0. The largest absolute Gasteiger partial charge is 0.365 e. The number of ether oxygens (including phenoxy) is 1. The van der Waals surface area contributed by atoms with Crippen molar-refractivity contribution in [2.24, 2.45) is 0 Å². The second kappa shape index (κ2) is 6.80. The third-order valence-electron chi connectivity index (χ3n) is 4.34. The fraction of sp³-hybridized carbons (Fsp3) is 0.278. The van der Waals surface area contributed by atoms with Gasteiger partial charge in [0.15, 0.2) is 0 Å². The maximum atomic E-state index is 14.3. The standard InChI is InChI=1S/C18H16F2N4O2/c19-12-1-2-14-15(7-12)23-17(22-14)10-26-16-9-24(8-13(16)20)18(25)11-3-5-21-6-4-11/h1-7,13,16H,8-10H2,(H,22,23). The maximum absolute atomic E-state index is 14.3. The third kappa shape index (κ3) is 3.28. The number of hydrogen-bond acceptors (Lipinski definition) is 4. The summed E-state index contributed by atoms with van der Waals surface area (Å²) in [6.45, 7) is 0.201. The van der Waals surface area contributed by atoms with Crippen LogP contribution in [0, 0.1) is 5.82 Å². The molecule has 2 unspecified atom stereocenters. The highest BCUT2D eigenvalue weighted by Gasteiger charge is 2.36. The Morgan fingerprint density at radius 3 is 2.88 bits per heavy atom. The molecule has 1 saturated heterocycles. The molecule has 26 heavy (non-hydrogen) atoms. The number of fused-ring (bicyclic) bond motifs is 1. The molecule has 1 aliphatic rings. The summed E-state index contributed by atoms with van der Waals surface area (Å²) < 4.78 is 33.1. The Morgan fingerprint density at radius 1 is 1.27 bits per heavy atom. The van der Waals surface area contributed by atoms with E-state index in [-0.39, 0.29) is 31.4 Å². The first-order chi connectivity index (χ1) is 12.6. The van der Waals surface area contributed by atoms with Crippen LogP contribution in [-0.4, -0.2) is 51.1 Å². The number of H-pyrrole nitrogens is 1. The summed E-state index contributed by atoms with van der Waals surface area (Å²) in [7, 11) is 0. The Morgan fingerprint density at radius 2 is 2.08 bits per heavy atom. The van der Waals surface area contributed by atoms with Crippen LogP contribution in [0.4, 0.5) is 8.78 Å². The van der Waals surface area contributed by atoms with Gasteiger partial charge < -0.3 is 14.6 Å². The number of amides is 1. The number of imidazole rings is 1. The zero-order valence-electron chi connectivity index (χ0n) is 13.7. The van der Waals surface area contributed by atoms with Gasteiger partial charge >= 0.3 is 0 Å². The van der Waals surface area contributed by atoms with Gasteiger partial charge in [0.25, 0.3) is 5.91 Å². The molecule has 1 N–H and O–H groups in total. The van der Waals surface area contributed by atoms with Crippen LogP contribution in [0.5, 0.6) is 0 Å². The predicted octanol–water partition coefficient (Wildman–Crippen LogP) is 2.48. The average molecular weight is 358 g/mol. The van der Waals surface area contributed by atoms with Crippen LogP contribution in [0.1, 0.15) is 16.2 Å². The second-order valence-corrected chi connectivity index (χ2v) is 6.16. The number of halogens is 2. The Hall–Kier alpha value is -2.87. The second-order valence-electron chi connectivity index (χ2n) is 6.16.